The second-order valence-corrected chi connectivity index (χ2v) is 9.08. The molecule has 0 unspecified atom stereocenters. The highest BCUT2D eigenvalue weighted by atomic mass is 32.2. The van der Waals surface area contributed by atoms with E-state index >= 15 is 0 Å². The summed E-state index contributed by atoms with van der Waals surface area (Å²) in [6.07, 6.45) is 12.0. The lowest BCUT2D eigenvalue weighted by molar-refractivity contribution is -0.384. The Hall–Kier alpha value is -3.34. The van der Waals surface area contributed by atoms with E-state index in [2.05, 4.69) is 25.5 Å². The van der Waals surface area contributed by atoms with Gasteiger partial charge in [0.2, 0.25) is 5.95 Å². The molecule has 2 aliphatic carbocycles. The van der Waals surface area contributed by atoms with Crippen molar-refractivity contribution < 1.29 is 9.72 Å². The van der Waals surface area contributed by atoms with Crippen LogP contribution in [0.5, 0.6) is 0 Å². The van der Waals surface area contributed by atoms with Crippen LogP contribution >= 0.6 is 11.8 Å². The number of rotatable bonds is 7. The van der Waals surface area contributed by atoms with E-state index in [0.717, 1.165) is 31.2 Å². The molecule has 2 saturated carbocycles. The van der Waals surface area contributed by atoms with Gasteiger partial charge in [-0.2, -0.15) is 0 Å². The predicted octanol–water partition coefficient (Wildman–Crippen LogP) is 4.37. The molecule has 5 rings (SSSR count). The first-order valence-electron chi connectivity index (χ1n) is 10.6. The van der Waals surface area contributed by atoms with Crippen molar-refractivity contribution in [1.82, 2.24) is 24.7 Å². The molecule has 0 spiro atoms. The van der Waals surface area contributed by atoms with E-state index < -0.39 is 10.8 Å². The fourth-order valence-electron chi connectivity index (χ4n) is 3.95. The third kappa shape index (κ3) is 4.33. The van der Waals surface area contributed by atoms with E-state index in [1.165, 1.54) is 36.7 Å². The van der Waals surface area contributed by atoms with Crippen LogP contribution in [-0.2, 0) is 0 Å². The van der Waals surface area contributed by atoms with Crippen LogP contribution in [0, 0.1) is 10.1 Å². The topological polar surface area (TPSA) is 129 Å². The molecule has 1 N–H and O–H groups in total. The number of carbonyl (C=O) groups excluding carboxylic acids is 1. The Morgan fingerprint density at radius 2 is 1.91 bits per heavy atom. The van der Waals surface area contributed by atoms with Crippen molar-refractivity contribution in [2.45, 2.75) is 60.5 Å². The van der Waals surface area contributed by atoms with Gasteiger partial charge in [-0.05, 0) is 55.0 Å². The number of amides is 1. The van der Waals surface area contributed by atoms with Crippen LogP contribution in [0.3, 0.4) is 0 Å². The number of nitro groups is 1. The zero-order valence-corrected chi connectivity index (χ0v) is 18.0. The summed E-state index contributed by atoms with van der Waals surface area (Å²) in [6.45, 7) is 0. The average molecular weight is 452 g/mol. The van der Waals surface area contributed by atoms with Gasteiger partial charge in [-0.3, -0.25) is 20.2 Å². The summed E-state index contributed by atoms with van der Waals surface area (Å²) in [4.78, 5) is 32.9. The average Bonchev–Trinajstić information content (AvgIpc) is 3.29. The summed E-state index contributed by atoms with van der Waals surface area (Å²) in [5.41, 5.74) is 1.07. The number of non-ortho nitro benzene ring substituents is 1. The number of hydrogen-bond acceptors (Lipinski definition) is 8. The maximum absolute atomic E-state index is 13.0. The summed E-state index contributed by atoms with van der Waals surface area (Å²) in [6, 6.07) is 4.58. The van der Waals surface area contributed by atoms with Crippen LogP contribution < -0.4 is 5.32 Å². The molecule has 0 saturated heterocycles. The molecule has 0 aliphatic heterocycles. The fourth-order valence-corrected chi connectivity index (χ4v) is 4.93. The number of nitrogens with one attached hydrogen (secondary N) is 1. The molecule has 2 fully saturated rings. The summed E-state index contributed by atoms with van der Waals surface area (Å²) < 4.78 is 1.97. The summed E-state index contributed by atoms with van der Waals surface area (Å²) in [5, 5.41) is 22.7. The lowest BCUT2D eigenvalue weighted by Crippen LogP contribution is -2.16. The molecule has 11 heteroatoms. The molecule has 2 aliphatic rings. The smallest absolute Gasteiger partial charge is 0.270 e. The molecule has 32 heavy (non-hydrogen) atoms. The minimum Gasteiger partial charge on any atom is -0.305 e. The number of benzene rings is 1. The molecule has 2 heterocycles. The SMILES string of the molecule is O=C(Nc1ncc(C2CCCC2)cn1)c1cc([N+](=O)[O-])ccc1Sc1nncn1C1CC1. The number of hydrogen-bond donors (Lipinski definition) is 1. The van der Waals surface area contributed by atoms with E-state index in [4.69, 9.17) is 0 Å². The third-order valence-electron chi connectivity index (χ3n) is 5.82. The van der Waals surface area contributed by atoms with Gasteiger partial charge in [-0.15, -0.1) is 10.2 Å². The molecule has 1 amide bonds. The van der Waals surface area contributed by atoms with Crippen LogP contribution in [0.15, 0.2) is 47.0 Å². The number of aromatic nitrogens is 5. The number of anilines is 1. The van der Waals surface area contributed by atoms with Gasteiger partial charge in [-0.25, -0.2) is 9.97 Å². The molecule has 0 radical (unpaired) electrons. The Morgan fingerprint density at radius 3 is 2.59 bits per heavy atom. The third-order valence-corrected chi connectivity index (χ3v) is 6.87. The minimum atomic E-state index is -0.523. The fraction of sp³-hybridized carbons (Fsp3) is 0.381. The van der Waals surface area contributed by atoms with Crippen molar-refractivity contribution in [3.63, 3.8) is 0 Å². The van der Waals surface area contributed by atoms with Crippen molar-refractivity contribution in [2.24, 2.45) is 0 Å². The Balaban J connectivity index is 1.39. The largest absolute Gasteiger partial charge is 0.305 e. The lowest BCUT2D eigenvalue weighted by Gasteiger charge is -2.11. The van der Waals surface area contributed by atoms with E-state index in [9.17, 15) is 14.9 Å². The van der Waals surface area contributed by atoms with Crippen molar-refractivity contribution in [3.8, 4) is 0 Å². The van der Waals surface area contributed by atoms with Crippen molar-refractivity contribution in [2.75, 3.05) is 5.32 Å². The second-order valence-electron chi connectivity index (χ2n) is 8.07. The number of nitrogens with zero attached hydrogens (tertiary/aromatic N) is 6. The molecule has 0 bridgehead atoms. The van der Waals surface area contributed by atoms with E-state index in [1.54, 1.807) is 24.8 Å². The van der Waals surface area contributed by atoms with E-state index in [-0.39, 0.29) is 17.2 Å². The van der Waals surface area contributed by atoms with Crippen molar-refractivity contribution in [1.29, 1.82) is 0 Å². The summed E-state index contributed by atoms with van der Waals surface area (Å²) in [7, 11) is 0. The molecule has 2 aromatic heterocycles. The zero-order valence-electron chi connectivity index (χ0n) is 17.2. The molecule has 10 nitrogen and oxygen atoms in total. The van der Waals surface area contributed by atoms with Crippen LogP contribution in [0.25, 0.3) is 0 Å². The summed E-state index contributed by atoms with van der Waals surface area (Å²) >= 11 is 1.26. The first-order chi connectivity index (χ1) is 15.6. The Labute approximate surface area is 188 Å². The molecule has 3 aromatic rings. The van der Waals surface area contributed by atoms with Gasteiger partial charge in [0.15, 0.2) is 5.16 Å². The quantitative estimate of drug-likeness (QED) is 0.414. The van der Waals surface area contributed by atoms with E-state index in [1.807, 2.05) is 4.57 Å². The van der Waals surface area contributed by atoms with E-state index in [0.29, 0.717) is 22.0 Å². The highest BCUT2D eigenvalue weighted by molar-refractivity contribution is 7.99. The van der Waals surface area contributed by atoms with Crippen molar-refractivity contribution in [3.05, 3.63) is 58.2 Å². The first-order valence-corrected chi connectivity index (χ1v) is 11.4. The van der Waals surface area contributed by atoms with Crippen LogP contribution in [-0.4, -0.2) is 35.6 Å². The monoisotopic (exact) mass is 451 g/mol. The predicted molar refractivity (Wildman–Crippen MR) is 117 cm³/mol. The van der Waals surface area contributed by atoms with Crippen LogP contribution in [0.1, 0.15) is 66.4 Å². The van der Waals surface area contributed by atoms with Gasteiger partial charge < -0.3 is 4.57 Å². The Kier molecular flexibility index (Phi) is 5.56. The molecular weight excluding hydrogens is 430 g/mol. The van der Waals surface area contributed by atoms with Gasteiger partial charge in [0.05, 0.1) is 10.5 Å². The standard InChI is InChI=1S/C21H21N7O3S/c29-19(25-20-22-10-14(11-23-20)13-3-1-2-4-13)17-9-16(28(30)31)7-8-18(17)32-21-26-24-12-27(21)15-5-6-15/h7-13,15H,1-6H2,(H,22,23,25,29). The normalized spacial score (nSPS) is 16.2. The maximum atomic E-state index is 13.0. The van der Waals surface area contributed by atoms with Crippen molar-refractivity contribution >= 4 is 29.3 Å². The van der Waals surface area contributed by atoms with Gasteiger partial charge in [0, 0.05) is 35.5 Å². The zero-order chi connectivity index (χ0) is 22.1. The van der Waals surface area contributed by atoms with Crippen LogP contribution in [0.2, 0.25) is 0 Å². The second kappa shape index (κ2) is 8.65. The molecule has 1 aromatic carbocycles. The van der Waals surface area contributed by atoms with Gasteiger partial charge in [0.25, 0.3) is 11.6 Å². The summed E-state index contributed by atoms with van der Waals surface area (Å²) in [5.74, 6) is 0.131. The van der Waals surface area contributed by atoms with Gasteiger partial charge >= 0.3 is 0 Å². The number of carbonyl (C=O) groups is 1. The Morgan fingerprint density at radius 1 is 1.16 bits per heavy atom. The lowest BCUT2D eigenvalue weighted by atomic mass is 10.0. The van der Waals surface area contributed by atoms with Gasteiger partial charge in [-0.1, -0.05) is 12.8 Å². The molecule has 0 atom stereocenters. The highest BCUT2D eigenvalue weighted by Crippen LogP contribution is 2.40. The Bertz CT molecular complexity index is 1150. The highest BCUT2D eigenvalue weighted by Gasteiger charge is 2.27. The minimum absolute atomic E-state index is 0.165. The molecular formula is C21H21N7O3S. The first kappa shape index (κ1) is 20.6. The molecule has 164 valence electrons. The van der Waals surface area contributed by atoms with Crippen LogP contribution in [0.4, 0.5) is 11.6 Å². The maximum Gasteiger partial charge on any atom is 0.270 e. The van der Waals surface area contributed by atoms with Gasteiger partial charge in [0.1, 0.15) is 6.33 Å². The number of nitro benzene ring substituents is 1.